The first-order valence-electron chi connectivity index (χ1n) is 6.73. The molecule has 1 unspecified atom stereocenters. The molecular weight excluding hydrogens is 405 g/mol. The number of halogens is 1. The van der Waals surface area contributed by atoms with Crippen molar-refractivity contribution >= 4 is 27.9 Å². The van der Waals surface area contributed by atoms with Crippen molar-refractivity contribution < 1.29 is 41.8 Å². The fourth-order valence-electron chi connectivity index (χ4n) is 2.14. The van der Waals surface area contributed by atoms with Gasteiger partial charge in [-0.2, -0.15) is 4.31 Å². The summed E-state index contributed by atoms with van der Waals surface area (Å²) in [5, 5.41) is 0. The molecule has 25 heavy (non-hydrogen) atoms. The Bertz CT molecular complexity index is 867. The van der Waals surface area contributed by atoms with Crippen LogP contribution in [-0.4, -0.2) is 36.7 Å². The first-order valence-corrected chi connectivity index (χ1v) is 10.2. The van der Waals surface area contributed by atoms with Crippen LogP contribution in [0, 0.1) is 11.7 Å². The zero-order chi connectivity index (χ0) is 19.0. The third kappa shape index (κ3) is 5.61. The Kier molecular flexibility index (Phi) is 5.84. The lowest BCUT2D eigenvalue weighted by Crippen LogP contribution is -2.29. The number of H-pyrrole nitrogens is 1. The zero-order valence-electron chi connectivity index (χ0n) is 12.7. The smallest absolute Gasteiger partial charge is 0.320 e. The lowest BCUT2D eigenvalue weighted by Gasteiger charge is -2.23. The van der Waals surface area contributed by atoms with Crippen molar-refractivity contribution in [1.29, 1.82) is 0 Å². The molecule has 4 N–H and O–H groups in total. The molecular formula is C10H15FN2O9P2S. The Balaban J connectivity index is 2.07. The molecule has 1 aromatic rings. The summed E-state index contributed by atoms with van der Waals surface area (Å²) in [6.07, 6.45) is 0.326. The number of rotatable bonds is 6. The quantitative estimate of drug-likeness (QED) is 0.391. The Morgan fingerprint density at radius 1 is 1.52 bits per heavy atom. The van der Waals surface area contributed by atoms with E-state index in [2.05, 4.69) is 13.8 Å². The molecule has 0 bridgehead atoms. The van der Waals surface area contributed by atoms with Gasteiger partial charge in [-0.25, -0.2) is 13.5 Å². The molecule has 0 aliphatic carbocycles. The maximum Gasteiger partial charge on any atom is 0.481 e. The molecule has 11 nitrogen and oxygen atoms in total. The third-order valence-corrected chi connectivity index (χ3v) is 5.67. The van der Waals surface area contributed by atoms with Crippen LogP contribution in [0.15, 0.2) is 11.0 Å². The predicted molar refractivity (Wildman–Crippen MR) is 82.7 cm³/mol. The molecule has 3 atom stereocenters. The second-order valence-corrected chi connectivity index (χ2v) is 8.50. The molecule has 15 heteroatoms. The Labute approximate surface area is 145 Å². The summed E-state index contributed by atoms with van der Waals surface area (Å²) in [6, 6.07) is 0. The monoisotopic (exact) mass is 420 g/mol. The lowest BCUT2D eigenvalue weighted by atomic mass is 10.2. The molecule has 0 amide bonds. The summed E-state index contributed by atoms with van der Waals surface area (Å²) in [4.78, 5) is 40.0. The number of alkyl halides is 1. The van der Waals surface area contributed by atoms with Gasteiger partial charge in [0, 0.05) is 18.2 Å². The van der Waals surface area contributed by atoms with E-state index in [1.54, 1.807) is 0 Å². The number of hydrogen-bond acceptors (Lipinski definition) is 7. The zero-order valence-corrected chi connectivity index (χ0v) is 15.3. The van der Waals surface area contributed by atoms with Gasteiger partial charge < -0.3 is 19.4 Å². The Morgan fingerprint density at radius 3 is 2.76 bits per heavy atom. The van der Waals surface area contributed by atoms with Crippen LogP contribution < -0.4 is 5.56 Å². The number of aromatic nitrogens is 2. The molecule has 0 radical (unpaired) electrons. The van der Waals surface area contributed by atoms with Gasteiger partial charge in [-0.1, -0.05) is 0 Å². The minimum absolute atomic E-state index is 0.00318. The minimum Gasteiger partial charge on any atom is -0.320 e. The number of aryl methyl sites for hydroxylation is 1. The van der Waals surface area contributed by atoms with Gasteiger partial charge in [0.25, 0.3) is 5.56 Å². The number of hydrogen-bond donors (Lipinski definition) is 4. The van der Waals surface area contributed by atoms with Crippen LogP contribution in [0.3, 0.4) is 0 Å². The number of nitrogens with one attached hydrogen (secondary N) is 1. The fraction of sp³-hybridized carbons (Fsp3) is 0.600. The third-order valence-electron chi connectivity index (χ3n) is 3.22. The minimum atomic E-state index is -5.30. The summed E-state index contributed by atoms with van der Waals surface area (Å²) in [6.45, 7) is 0.416. The van der Waals surface area contributed by atoms with Crippen molar-refractivity contribution in [3.8, 4) is 0 Å². The standard InChI is InChI=1S/C10H15FN2O9P2S/c1-6-4-13(9(25)12-8(6)14)7-2-3-10(11,21-7)5-20-24(18,19)22-23(15,16)17/h4,7H,2-3,5H2,1H3,(H,18,19)(H,12,14,25)(H2,15,16,17)/t7-,10+/m1/s1. The highest BCUT2D eigenvalue weighted by Gasteiger charge is 2.44. The van der Waals surface area contributed by atoms with E-state index in [1.807, 2.05) is 0 Å². The Hall–Kier alpha value is -0.750. The molecule has 1 aromatic heterocycles. The van der Waals surface area contributed by atoms with E-state index in [-0.39, 0.29) is 17.6 Å². The normalized spacial score (nSPS) is 26.5. The topological polar surface area (TPSA) is 160 Å². The molecule has 1 aliphatic rings. The van der Waals surface area contributed by atoms with Crippen molar-refractivity contribution in [3.05, 3.63) is 26.9 Å². The van der Waals surface area contributed by atoms with Gasteiger partial charge in [-0.15, -0.1) is 0 Å². The van der Waals surface area contributed by atoms with E-state index in [0.717, 1.165) is 0 Å². The average Bonchev–Trinajstić information content (AvgIpc) is 2.81. The largest absolute Gasteiger partial charge is 0.481 e. The van der Waals surface area contributed by atoms with Crippen LogP contribution in [0.2, 0.25) is 0 Å². The average molecular weight is 420 g/mol. The first-order chi connectivity index (χ1) is 11.3. The first kappa shape index (κ1) is 20.6. The van der Waals surface area contributed by atoms with Crippen molar-refractivity contribution in [3.63, 3.8) is 0 Å². The molecule has 0 aromatic carbocycles. The molecule has 2 rings (SSSR count). The highest BCUT2D eigenvalue weighted by molar-refractivity contribution is 7.71. The van der Waals surface area contributed by atoms with Gasteiger partial charge >= 0.3 is 15.6 Å². The summed E-state index contributed by atoms with van der Waals surface area (Å²) in [5.41, 5.74) is -0.0791. The van der Waals surface area contributed by atoms with Gasteiger partial charge in [0.05, 0.1) is 0 Å². The van der Waals surface area contributed by atoms with E-state index in [0.29, 0.717) is 5.56 Å². The fourth-order valence-corrected chi connectivity index (χ4v) is 4.02. The molecule has 142 valence electrons. The summed E-state index contributed by atoms with van der Waals surface area (Å²) in [7, 11) is -10.5. The molecule has 2 heterocycles. The van der Waals surface area contributed by atoms with Crippen LogP contribution >= 0.6 is 27.9 Å². The van der Waals surface area contributed by atoms with Crippen LogP contribution in [0.4, 0.5) is 4.39 Å². The highest BCUT2D eigenvalue weighted by Crippen LogP contribution is 2.58. The van der Waals surface area contributed by atoms with E-state index >= 15 is 0 Å². The van der Waals surface area contributed by atoms with Gasteiger partial charge in [0.1, 0.15) is 12.8 Å². The lowest BCUT2D eigenvalue weighted by molar-refractivity contribution is -0.174. The molecule has 1 aliphatic heterocycles. The van der Waals surface area contributed by atoms with Gasteiger partial charge in [0.2, 0.25) is 5.85 Å². The van der Waals surface area contributed by atoms with E-state index in [1.165, 1.54) is 17.7 Å². The molecule has 0 spiro atoms. The number of aromatic amines is 1. The SMILES string of the molecule is Cc1cn([C@H]2CC[C@@](F)(COP(=O)(O)OP(=O)(O)O)O2)c(=S)[nH]c1=O. The molecule has 0 saturated carbocycles. The second-order valence-electron chi connectivity index (χ2n) is 5.29. The number of phosphoric acid groups is 2. The van der Waals surface area contributed by atoms with Crippen LogP contribution in [0.1, 0.15) is 24.6 Å². The van der Waals surface area contributed by atoms with Crippen LogP contribution in [0.5, 0.6) is 0 Å². The van der Waals surface area contributed by atoms with Gasteiger partial charge in [-0.3, -0.25) is 18.9 Å². The van der Waals surface area contributed by atoms with E-state index in [4.69, 9.17) is 31.6 Å². The maximum atomic E-state index is 14.6. The summed E-state index contributed by atoms with van der Waals surface area (Å²) < 4.78 is 50.7. The van der Waals surface area contributed by atoms with Gasteiger partial charge in [-0.05, 0) is 25.6 Å². The van der Waals surface area contributed by atoms with Crippen molar-refractivity contribution in [1.82, 2.24) is 9.55 Å². The van der Waals surface area contributed by atoms with Crippen LogP contribution in [0.25, 0.3) is 0 Å². The van der Waals surface area contributed by atoms with Crippen LogP contribution in [-0.2, 0) is 22.7 Å². The van der Waals surface area contributed by atoms with E-state index in [9.17, 15) is 18.3 Å². The van der Waals surface area contributed by atoms with Crippen molar-refractivity contribution in [2.75, 3.05) is 6.61 Å². The maximum absolute atomic E-state index is 14.6. The van der Waals surface area contributed by atoms with Crippen molar-refractivity contribution in [2.24, 2.45) is 0 Å². The summed E-state index contributed by atoms with van der Waals surface area (Å²) >= 11 is 4.98. The van der Waals surface area contributed by atoms with E-state index < -0.39 is 39.9 Å². The number of nitrogens with zero attached hydrogens (tertiary/aromatic N) is 1. The molecule has 1 fully saturated rings. The number of phosphoric ester groups is 1. The molecule has 1 saturated heterocycles. The summed E-state index contributed by atoms with van der Waals surface area (Å²) in [5.74, 6) is -2.51. The Morgan fingerprint density at radius 2 is 2.16 bits per heavy atom. The van der Waals surface area contributed by atoms with Crippen molar-refractivity contribution in [2.45, 2.75) is 31.8 Å². The predicted octanol–water partition coefficient (Wildman–Crippen LogP) is 1.42. The second kappa shape index (κ2) is 7.10. The van der Waals surface area contributed by atoms with Gasteiger partial charge in [0.15, 0.2) is 4.77 Å². The highest BCUT2D eigenvalue weighted by atomic mass is 32.1. The number of ether oxygens (including phenoxy) is 1.